The van der Waals surface area contributed by atoms with Crippen LogP contribution in [0.3, 0.4) is 0 Å². The van der Waals surface area contributed by atoms with Crippen LogP contribution in [0.25, 0.3) is 10.9 Å². The normalized spacial score (nSPS) is 15.6. The van der Waals surface area contributed by atoms with E-state index in [1.165, 1.54) is 17.7 Å². The first-order valence-corrected chi connectivity index (χ1v) is 12.7. The fraction of sp³-hybridized carbons (Fsp3) is 0.440. The van der Waals surface area contributed by atoms with E-state index in [4.69, 9.17) is 0 Å². The second-order valence-electron chi connectivity index (χ2n) is 9.04. The first-order valence-electron chi connectivity index (χ1n) is 11.8. The lowest BCUT2D eigenvalue weighted by molar-refractivity contribution is 0.159. The third kappa shape index (κ3) is 4.63. The van der Waals surface area contributed by atoms with Crippen LogP contribution in [-0.4, -0.2) is 30.1 Å². The molecule has 8 heteroatoms. The van der Waals surface area contributed by atoms with Gasteiger partial charge in [-0.25, -0.2) is 4.68 Å². The summed E-state index contributed by atoms with van der Waals surface area (Å²) < 4.78 is 2.05. The molecule has 0 saturated heterocycles. The van der Waals surface area contributed by atoms with Crippen LogP contribution in [0.4, 0.5) is 0 Å². The highest BCUT2D eigenvalue weighted by atomic mass is 32.1. The third-order valence-corrected chi connectivity index (χ3v) is 7.57. The van der Waals surface area contributed by atoms with Gasteiger partial charge in [0.25, 0.3) is 5.56 Å². The van der Waals surface area contributed by atoms with Crippen molar-refractivity contribution in [2.75, 3.05) is 0 Å². The van der Waals surface area contributed by atoms with Crippen molar-refractivity contribution in [3.05, 3.63) is 74.0 Å². The zero-order chi connectivity index (χ0) is 22.8. The number of aromatic nitrogens is 5. The number of benzene rings is 1. The van der Waals surface area contributed by atoms with Gasteiger partial charge in [0, 0.05) is 29.0 Å². The number of pyridine rings is 1. The fourth-order valence-electron chi connectivity index (χ4n) is 5.01. The predicted molar refractivity (Wildman–Crippen MR) is 131 cm³/mol. The van der Waals surface area contributed by atoms with Crippen molar-refractivity contribution in [3.8, 4) is 0 Å². The molecule has 1 atom stereocenters. The standard InChI is InChI=1S/C25H30N6OS/c1-3-23(24-27-28-29-31(24)20-7-4-5-8-20)30(16-21-9-6-12-33-21)15-19-14-18-11-10-17(2)13-22(18)26-25(19)32/h6,9-14,20,23H,3-5,7-8,15-16H2,1-2H3,(H,26,32)/t23-/m0/s1. The van der Waals surface area contributed by atoms with Gasteiger partial charge in [-0.1, -0.05) is 38.0 Å². The molecule has 1 aliphatic rings. The van der Waals surface area contributed by atoms with Crippen molar-refractivity contribution in [2.45, 2.75) is 71.1 Å². The van der Waals surface area contributed by atoms with Crippen LogP contribution < -0.4 is 5.56 Å². The largest absolute Gasteiger partial charge is 0.322 e. The van der Waals surface area contributed by atoms with Crippen LogP contribution in [-0.2, 0) is 13.1 Å². The summed E-state index contributed by atoms with van der Waals surface area (Å²) in [6.07, 6.45) is 5.58. The molecule has 0 bridgehead atoms. The molecule has 172 valence electrons. The highest BCUT2D eigenvalue weighted by Crippen LogP contribution is 2.33. The number of hydrogen-bond acceptors (Lipinski definition) is 6. The van der Waals surface area contributed by atoms with Crippen molar-refractivity contribution >= 4 is 22.2 Å². The Labute approximate surface area is 197 Å². The van der Waals surface area contributed by atoms with Crippen LogP contribution in [0.2, 0.25) is 0 Å². The Morgan fingerprint density at radius 3 is 2.82 bits per heavy atom. The van der Waals surface area contributed by atoms with Gasteiger partial charge in [0.2, 0.25) is 0 Å². The summed E-state index contributed by atoms with van der Waals surface area (Å²) in [5, 5.41) is 16.1. The number of fused-ring (bicyclic) bond motifs is 1. The molecular weight excluding hydrogens is 432 g/mol. The summed E-state index contributed by atoms with van der Waals surface area (Å²) in [6.45, 7) is 5.49. The first-order chi connectivity index (χ1) is 16.1. The van der Waals surface area contributed by atoms with Crippen LogP contribution in [0.15, 0.2) is 46.6 Å². The van der Waals surface area contributed by atoms with Crippen molar-refractivity contribution in [1.82, 2.24) is 30.1 Å². The van der Waals surface area contributed by atoms with E-state index in [0.717, 1.165) is 53.7 Å². The molecular formula is C25H30N6OS. The quantitative estimate of drug-likeness (QED) is 0.392. The Morgan fingerprint density at radius 2 is 2.06 bits per heavy atom. The zero-order valence-electron chi connectivity index (χ0n) is 19.2. The summed E-state index contributed by atoms with van der Waals surface area (Å²) in [5.41, 5.74) is 2.75. The number of aryl methyl sites for hydroxylation is 1. The molecule has 4 aromatic rings. The Bertz CT molecular complexity index is 1270. The fourth-order valence-corrected chi connectivity index (χ4v) is 5.74. The molecule has 7 nitrogen and oxygen atoms in total. The maximum atomic E-state index is 13.0. The summed E-state index contributed by atoms with van der Waals surface area (Å²) in [5.74, 6) is 0.911. The van der Waals surface area contributed by atoms with Gasteiger partial charge >= 0.3 is 0 Å². The maximum absolute atomic E-state index is 13.0. The number of aromatic amines is 1. The minimum atomic E-state index is -0.0329. The van der Waals surface area contributed by atoms with Crippen molar-refractivity contribution in [1.29, 1.82) is 0 Å². The minimum absolute atomic E-state index is 0.0239. The number of nitrogens with one attached hydrogen (secondary N) is 1. The van der Waals surface area contributed by atoms with Gasteiger partial charge in [0.1, 0.15) is 0 Å². The zero-order valence-corrected chi connectivity index (χ0v) is 20.0. The molecule has 0 unspecified atom stereocenters. The van der Waals surface area contributed by atoms with E-state index in [-0.39, 0.29) is 11.6 Å². The third-order valence-electron chi connectivity index (χ3n) is 6.71. The van der Waals surface area contributed by atoms with Crippen LogP contribution in [0.1, 0.15) is 72.9 Å². The van der Waals surface area contributed by atoms with E-state index in [0.29, 0.717) is 12.6 Å². The highest BCUT2D eigenvalue weighted by molar-refractivity contribution is 7.09. The molecule has 0 radical (unpaired) electrons. The van der Waals surface area contributed by atoms with Crippen LogP contribution in [0.5, 0.6) is 0 Å². The lowest BCUT2D eigenvalue weighted by Crippen LogP contribution is -2.32. The highest BCUT2D eigenvalue weighted by Gasteiger charge is 2.29. The number of tetrazole rings is 1. The smallest absolute Gasteiger partial charge is 0.252 e. The molecule has 33 heavy (non-hydrogen) atoms. The molecule has 3 heterocycles. The first kappa shape index (κ1) is 22.0. The average molecular weight is 463 g/mol. The minimum Gasteiger partial charge on any atom is -0.322 e. The topological polar surface area (TPSA) is 79.7 Å². The second-order valence-corrected chi connectivity index (χ2v) is 10.1. The molecule has 1 aromatic carbocycles. The van der Waals surface area contributed by atoms with Gasteiger partial charge in [-0.15, -0.1) is 16.4 Å². The molecule has 1 N–H and O–H groups in total. The van der Waals surface area contributed by atoms with Crippen LogP contribution in [0, 0.1) is 6.92 Å². The number of H-pyrrole nitrogens is 1. The lowest BCUT2D eigenvalue weighted by Gasteiger charge is -2.30. The van der Waals surface area contributed by atoms with Crippen molar-refractivity contribution < 1.29 is 0 Å². The average Bonchev–Trinajstić information content (AvgIpc) is 3.57. The van der Waals surface area contributed by atoms with E-state index in [1.807, 2.05) is 19.1 Å². The van der Waals surface area contributed by atoms with Gasteiger partial charge in [-0.05, 0) is 71.1 Å². The number of rotatable bonds is 8. The summed E-state index contributed by atoms with van der Waals surface area (Å²) in [7, 11) is 0. The SMILES string of the molecule is CC[C@@H](c1nnnn1C1CCCC1)N(Cc1cccs1)Cc1cc2ccc(C)cc2[nH]c1=O. The van der Waals surface area contributed by atoms with Gasteiger partial charge in [0.15, 0.2) is 5.82 Å². The predicted octanol–water partition coefficient (Wildman–Crippen LogP) is 5.15. The summed E-state index contributed by atoms with van der Waals surface area (Å²) in [6, 6.07) is 12.8. The molecule has 3 aromatic heterocycles. The molecule has 0 spiro atoms. The van der Waals surface area contributed by atoms with E-state index in [2.05, 4.69) is 66.7 Å². The molecule has 1 fully saturated rings. The van der Waals surface area contributed by atoms with Crippen molar-refractivity contribution in [2.24, 2.45) is 0 Å². The summed E-state index contributed by atoms with van der Waals surface area (Å²) >= 11 is 1.74. The molecule has 5 rings (SSSR count). The number of thiophene rings is 1. The maximum Gasteiger partial charge on any atom is 0.252 e. The van der Waals surface area contributed by atoms with Gasteiger partial charge in [0.05, 0.1) is 12.1 Å². The molecule has 0 amide bonds. The summed E-state index contributed by atoms with van der Waals surface area (Å²) in [4.78, 5) is 19.7. The van der Waals surface area contributed by atoms with E-state index in [1.54, 1.807) is 11.3 Å². The Morgan fingerprint density at radius 1 is 1.21 bits per heavy atom. The lowest BCUT2D eigenvalue weighted by atomic mass is 10.1. The Hall–Kier alpha value is -2.84. The van der Waals surface area contributed by atoms with E-state index in [9.17, 15) is 4.79 Å². The molecule has 0 aliphatic heterocycles. The number of hydrogen-bond donors (Lipinski definition) is 1. The molecule has 1 saturated carbocycles. The second kappa shape index (κ2) is 9.57. The van der Waals surface area contributed by atoms with Gasteiger partial charge < -0.3 is 4.98 Å². The number of nitrogens with zero attached hydrogens (tertiary/aromatic N) is 5. The van der Waals surface area contributed by atoms with E-state index < -0.39 is 0 Å². The monoisotopic (exact) mass is 462 g/mol. The van der Waals surface area contributed by atoms with Gasteiger partial charge in [-0.3, -0.25) is 9.69 Å². The van der Waals surface area contributed by atoms with Crippen LogP contribution >= 0.6 is 11.3 Å². The van der Waals surface area contributed by atoms with Gasteiger partial charge in [-0.2, -0.15) is 0 Å². The Balaban J connectivity index is 1.51. The van der Waals surface area contributed by atoms with E-state index >= 15 is 0 Å². The van der Waals surface area contributed by atoms with Crippen molar-refractivity contribution in [3.63, 3.8) is 0 Å². The molecule has 1 aliphatic carbocycles. The Kier molecular flexibility index (Phi) is 6.37.